The van der Waals surface area contributed by atoms with Gasteiger partial charge in [0, 0.05) is 10.9 Å². The molecular weight excluding hydrogens is 328 g/mol. The normalized spacial score (nSPS) is 17.0. The van der Waals surface area contributed by atoms with Crippen LogP contribution in [0.25, 0.3) is 5.57 Å². The van der Waals surface area contributed by atoms with Crippen LogP contribution in [0.5, 0.6) is 0 Å². The SMILES string of the molecule is O=C1OCC(COC(=O)c2ccccc2)C=C1c1ccc(Cl)cc1. The van der Waals surface area contributed by atoms with Crippen LogP contribution in [0, 0.1) is 5.92 Å². The molecule has 122 valence electrons. The smallest absolute Gasteiger partial charge is 0.338 e. The molecule has 0 amide bonds. The maximum Gasteiger partial charge on any atom is 0.338 e. The van der Waals surface area contributed by atoms with Gasteiger partial charge in [-0.15, -0.1) is 0 Å². The standard InChI is InChI=1S/C19H15ClO4/c20-16-8-6-14(7-9-16)17-10-13(12-24-19(17)22)11-23-18(21)15-4-2-1-3-5-15/h1-10,13H,11-12H2. The van der Waals surface area contributed by atoms with Crippen molar-refractivity contribution >= 4 is 29.1 Å². The summed E-state index contributed by atoms with van der Waals surface area (Å²) in [5.41, 5.74) is 1.68. The lowest BCUT2D eigenvalue weighted by Crippen LogP contribution is -2.25. The predicted octanol–water partition coefficient (Wildman–Crippen LogP) is 3.75. The third kappa shape index (κ3) is 3.84. The van der Waals surface area contributed by atoms with Gasteiger partial charge in [-0.25, -0.2) is 9.59 Å². The predicted molar refractivity (Wildman–Crippen MR) is 90.6 cm³/mol. The highest BCUT2D eigenvalue weighted by atomic mass is 35.5. The molecule has 1 unspecified atom stereocenters. The number of hydrogen-bond acceptors (Lipinski definition) is 4. The second-order valence-corrected chi connectivity index (χ2v) is 5.85. The number of hydrogen-bond donors (Lipinski definition) is 0. The van der Waals surface area contributed by atoms with Crippen LogP contribution in [-0.4, -0.2) is 25.2 Å². The summed E-state index contributed by atoms with van der Waals surface area (Å²) in [6.07, 6.45) is 1.79. The van der Waals surface area contributed by atoms with Gasteiger partial charge in [0.1, 0.15) is 13.2 Å². The number of halogens is 1. The maximum absolute atomic E-state index is 12.0. The molecule has 0 saturated heterocycles. The molecule has 0 N–H and O–H groups in total. The minimum absolute atomic E-state index is 0.151. The van der Waals surface area contributed by atoms with Gasteiger partial charge in [0.15, 0.2) is 0 Å². The Hall–Kier alpha value is -2.59. The number of rotatable bonds is 4. The Morgan fingerprint density at radius 3 is 2.54 bits per heavy atom. The van der Waals surface area contributed by atoms with Crippen molar-refractivity contribution in [2.45, 2.75) is 0 Å². The van der Waals surface area contributed by atoms with Crippen LogP contribution in [0.4, 0.5) is 0 Å². The number of carbonyl (C=O) groups is 2. The lowest BCUT2D eigenvalue weighted by atomic mass is 9.98. The molecule has 0 spiro atoms. The molecule has 24 heavy (non-hydrogen) atoms. The number of cyclic esters (lactones) is 1. The third-order valence-electron chi connectivity index (χ3n) is 3.64. The highest BCUT2D eigenvalue weighted by Crippen LogP contribution is 2.24. The Bertz CT molecular complexity index is 766. The zero-order valence-electron chi connectivity index (χ0n) is 12.8. The minimum Gasteiger partial charge on any atom is -0.461 e. The molecule has 1 aliphatic heterocycles. The van der Waals surface area contributed by atoms with Crippen LogP contribution >= 0.6 is 11.6 Å². The topological polar surface area (TPSA) is 52.6 Å². The Labute approximate surface area is 144 Å². The van der Waals surface area contributed by atoms with E-state index in [1.807, 2.05) is 6.07 Å². The van der Waals surface area contributed by atoms with Crippen molar-refractivity contribution < 1.29 is 19.1 Å². The lowest BCUT2D eigenvalue weighted by molar-refractivity contribution is -0.138. The van der Waals surface area contributed by atoms with Crippen molar-refractivity contribution in [2.24, 2.45) is 5.92 Å². The Kier molecular flexibility index (Phi) is 4.96. The van der Waals surface area contributed by atoms with Crippen molar-refractivity contribution in [1.82, 2.24) is 0 Å². The first-order valence-electron chi connectivity index (χ1n) is 7.50. The zero-order valence-corrected chi connectivity index (χ0v) is 13.5. The van der Waals surface area contributed by atoms with E-state index in [2.05, 4.69) is 0 Å². The van der Waals surface area contributed by atoms with Crippen LogP contribution < -0.4 is 0 Å². The highest BCUT2D eigenvalue weighted by molar-refractivity contribution is 6.30. The van der Waals surface area contributed by atoms with E-state index in [4.69, 9.17) is 21.1 Å². The quantitative estimate of drug-likeness (QED) is 0.794. The van der Waals surface area contributed by atoms with Gasteiger partial charge in [-0.05, 0) is 29.8 Å². The molecule has 0 saturated carbocycles. The summed E-state index contributed by atoms with van der Waals surface area (Å²) < 4.78 is 10.5. The van der Waals surface area contributed by atoms with Gasteiger partial charge in [0.2, 0.25) is 0 Å². The Morgan fingerprint density at radius 1 is 1.12 bits per heavy atom. The fraction of sp³-hybridized carbons (Fsp3) is 0.158. The van der Waals surface area contributed by atoms with E-state index in [-0.39, 0.29) is 25.1 Å². The first-order chi connectivity index (χ1) is 11.6. The van der Waals surface area contributed by atoms with E-state index in [1.165, 1.54) is 0 Å². The fourth-order valence-corrected chi connectivity index (χ4v) is 2.52. The van der Waals surface area contributed by atoms with Crippen molar-refractivity contribution in [2.75, 3.05) is 13.2 Å². The molecule has 0 fully saturated rings. The summed E-state index contributed by atoms with van der Waals surface area (Å²) in [6, 6.07) is 15.7. The van der Waals surface area contributed by atoms with E-state index >= 15 is 0 Å². The van der Waals surface area contributed by atoms with Gasteiger partial charge in [0.05, 0.1) is 11.1 Å². The first-order valence-corrected chi connectivity index (χ1v) is 7.88. The monoisotopic (exact) mass is 342 g/mol. The van der Waals surface area contributed by atoms with Gasteiger partial charge in [-0.1, -0.05) is 48.0 Å². The molecule has 2 aromatic rings. The van der Waals surface area contributed by atoms with Crippen molar-refractivity contribution in [1.29, 1.82) is 0 Å². The number of esters is 2. The van der Waals surface area contributed by atoms with Gasteiger partial charge < -0.3 is 9.47 Å². The summed E-state index contributed by atoms with van der Waals surface area (Å²) in [7, 11) is 0. The Morgan fingerprint density at radius 2 is 1.83 bits per heavy atom. The van der Waals surface area contributed by atoms with Crippen LogP contribution in [0.2, 0.25) is 5.02 Å². The highest BCUT2D eigenvalue weighted by Gasteiger charge is 2.24. The van der Waals surface area contributed by atoms with Crippen molar-refractivity contribution in [3.05, 3.63) is 76.8 Å². The van der Waals surface area contributed by atoms with Gasteiger partial charge >= 0.3 is 11.9 Å². The van der Waals surface area contributed by atoms with Crippen LogP contribution in [0.1, 0.15) is 15.9 Å². The molecule has 4 nitrogen and oxygen atoms in total. The van der Waals surface area contributed by atoms with Crippen molar-refractivity contribution in [3.63, 3.8) is 0 Å². The average Bonchev–Trinajstić information content (AvgIpc) is 2.62. The molecule has 0 aromatic heterocycles. The minimum atomic E-state index is -0.394. The van der Waals surface area contributed by atoms with E-state index in [0.717, 1.165) is 5.56 Å². The summed E-state index contributed by atoms with van der Waals surface area (Å²) in [4.78, 5) is 23.9. The molecule has 1 heterocycles. The first kappa shape index (κ1) is 16.3. The lowest BCUT2D eigenvalue weighted by Gasteiger charge is -2.21. The van der Waals surface area contributed by atoms with Crippen LogP contribution in [-0.2, 0) is 14.3 Å². The molecule has 1 atom stereocenters. The molecular formula is C19H15ClO4. The Balaban J connectivity index is 1.69. The summed E-state index contributed by atoms with van der Waals surface area (Å²) in [5.74, 6) is -0.960. The molecule has 0 aliphatic carbocycles. The third-order valence-corrected chi connectivity index (χ3v) is 3.90. The van der Waals surface area contributed by atoms with E-state index in [9.17, 15) is 9.59 Å². The van der Waals surface area contributed by atoms with Gasteiger partial charge in [0.25, 0.3) is 0 Å². The summed E-state index contributed by atoms with van der Waals surface area (Å²) in [6.45, 7) is 0.343. The molecule has 5 heteroatoms. The maximum atomic E-state index is 12.0. The summed E-state index contributed by atoms with van der Waals surface area (Å²) in [5, 5.41) is 0.594. The largest absolute Gasteiger partial charge is 0.461 e. The van der Waals surface area contributed by atoms with Crippen LogP contribution in [0.3, 0.4) is 0 Å². The summed E-state index contributed by atoms with van der Waals surface area (Å²) >= 11 is 5.87. The fourth-order valence-electron chi connectivity index (χ4n) is 2.39. The average molecular weight is 343 g/mol. The number of carbonyl (C=O) groups excluding carboxylic acids is 2. The molecule has 1 aliphatic rings. The number of ether oxygens (including phenoxy) is 2. The van der Waals surface area contributed by atoms with E-state index in [1.54, 1.807) is 54.6 Å². The molecule has 0 bridgehead atoms. The molecule has 0 radical (unpaired) electrons. The van der Waals surface area contributed by atoms with E-state index in [0.29, 0.717) is 16.2 Å². The number of benzene rings is 2. The molecule has 3 rings (SSSR count). The second kappa shape index (κ2) is 7.32. The van der Waals surface area contributed by atoms with Gasteiger partial charge in [-0.3, -0.25) is 0 Å². The van der Waals surface area contributed by atoms with E-state index < -0.39 is 5.97 Å². The van der Waals surface area contributed by atoms with Crippen molar-refractivity contribution in [3.8, 4) is 0 Å². The second-order valence-electron chi connectivity index (χ2n) is 5.41. The zero-order chi connectivity index (χ0) is 16.9. The van der Waals surface area contributed by atoms with Crippen LogP contribution in [0.15, 0.2) is 60.7 Å². The molecule has 2 aromatic carbocycles. The van der Waals surface area contributed by atoms with Gasteiger partial charge in [-0.2, -0.15) is 0 Å².